The lowest BCUT2D eigenvalue weighted by molar-refractivity contribution is -0.118. The van der Waals surface area contributed by atoms with Crippen molar-refractivity contribution in [2.24, 2.45) is 5.73 Å². The molecular weight excluding hydrogens is 426 g/mol. The van der Waals surface area contributed by atoms with Gasteiger partial charge in [-0.1, -0.05) is 42.5 Å². The molecule has 0 aliphatic rings. The van der Waals surface area contributed by atoms with E-state index in [4.69, 9.17) is 15.2 Å². The number of nitrogens with one attached hydrogen (secondary N) is 1. The molecule has 0 saturated carbocycles. The number of ether oxygens (including phenoxy) is 2. The summed E-state index contributed by atoms with van der Waals surface area (Å²) >= 11 is 1.34. The van der Waals surface area contributed by atoms with Gasteiger partial charge >= 0.3 is 5.97 Å². The smallest absolute Gasteiger partial charge is 0.338 e. The molecule has 1 amide bonds. The number of anilines is 1. The number of benzene rings is 2. The molecule has 7 nitrogen and oxygen atoms in total. The van der Waals surface area contributed by atoms with E-state index in [2.05, 4.69) is 10.3 Å². The predicted octanol–water partition coefficient (Wildman–Crippen LogP) is 4.25. The van der Waals surface area contributed by atoms with Gasteiger partial charge in [-0.3, -0.25) is 4.79 Å². The van der Waals surface area contributed by atoms with Gasteiger partial charge in [0.15, 0.2) is 5.13 Å². The lowest BCUT2D eigenvalue weighted by atomic mass is 10.1. The Morgan fingerprint density at radius 1 is 1.09 bits per heavy atom. The van der Waals surface area contributed by atoms with Crippen LogP contribution in [0.5, 0.6) is 0 Å². The summed E-state index contributed by atoms with van der Waals surface area (Å²) in [4.78, 5) is 28.8. The summed E-state index contributed by atoms with van der Waals surface area (Å²) < 4.78 is 10.9. The Morgan fingerprint density at radius 3 is 2.44 bits per heavy atom. The van der Waals surface area contributed by atoms with Gasteiger partial charge in [0.05, 0.1) is 24.5 Å². The number of thiazole rings is 1. The molecule has 3 rings (SSSR count). The van der Waals surface area contributed by atoms with Crippen LogP contribution < -0.4 is 11.1 Å². The second-order valence-corrected chi connectivity index (χ2v) is 9.07. The topological polar surface area (TPSA) is 104 Å². The second-order valence-electron chi connectivity index (χ2n) is 8.21. The molecule has 0 aliphatic heterocycles. The summed E-state index contributed by atoms with van der Waals surface area (Å²) in [5.41, 5.74) is 8.51. The van der Waals surface area contributed by atoms with E-state index in [-0.39, 0.29) is 25.1 Å². The highest BCUT2D eigenvalue weighted by atomic mass is 32.1. The van der Waals surface area contributed by atoms with E-state index in [1.165, 1.54) is 11.3 Å². The SMILES string of the molecule is CC(C)(C)OC(=O)c1ccc(COC[C@H](N)C(=O)Nc2nc(-c3ccccc3)cs2)cc1. The summed E-state index contributed by atoms with van der Waals surface area (Å²) in [6.07, 6.45) is 0. The van der Waals surface area contributed by atoms with E-state index in [1.54, 1.807) is 24.3 Å². The molecule has 3 aromatic rings. The Labute approximate surface area is 191 Å². The zero-order valence-corrected chi connectivity index (χ0v) is 19.1. The first-order valence-corrected chi connectivity index (χ1v) is 11.1. The van der Waals surface area contributed by atoms with Crippen LogP contribution in [0.4, 0.5) is 5.13 Å². The molecule has 0 aliphatic carbocycles. The van der Waals surface area contributed by atoms with Crippen molar-refractivity contribution < 1.29 is 19.1 Å². The molecule has 32 heavy (non-hydrogen) atoms. The first kappa shape index (κ1) is 23.6. The lowest BCUT2D eigenvalue weighted by Gasteiger charge is -2.19. The van der Waals surface area contributed by atoms with Crippen LogP contribution in [-0.4, -0.2) is 35.1 Å². The fraction of sp³-hybridized carbons (Fsp3) is 0.292. The average molecular weight is 454 g/mol. The maximum absolute atomic E-state index is 12.3. The van der Waals surface area contributed by atoms with Crippen molar-refractivity contribution in [3.05, 3.63) is 71.1 Å². The highest BCUT2D eigenvalue weighted by Gasteiger charge is 2.18. The van der Waals surface area contributed by atoms with Crippen molar-refractivity contribution in [1.82, 2.24) is 4.98 Å². The van der Waals surface area contributed by atoms with Gasteiger partial charge in [0.1, 0.15) is 11.6 Å². The number of carbonyl (C=O) groups excluding carboxylic acids is 2. The first-order valence-electron chi connectivity index (χ1n) is 10.2. The maximum atomic E-state index is 12.3. The number of rotatable bonds is 8. The zero-order chi connectivity index (χ0) is 23.1. The van der Waals surface area contributed by atoms with Crippen molar-refractivity contribution >= 4 is 28.3 Å². The van der Waals surface area contributed by atoms with Crippen molar-refractivity contribution in [3.63, 3.8) is 0 Å². The van der Waals surface area contributed by atoms with Gasteiger partial charge in [-0.2, -0.15) is 0 Å². The van der Waals surface area contributed by atoms with Crippen molar-refractivity contribution in [3.8, 4) is 11.3 Å². The Morgan fingerprint density at radius 2 is 1.78 bits per heavy atom. The first-order chi connectivity index (χ1) is 15.2. The Kier molecular flexibility index (Phi) is 7.74. The van der Waals surface area contributed by atoms with Crippen molar-refractivity contribution in [2.75, 3.05) is 11.9 Å². The van der Waals surface area contributed by atoms with Gasteiger partial charge in [-0.25, -0.2) is 9.78 Å². The second kappa shape index (κ2) is 10.5. The summed E-state index contributed by atoms with van der Waals surface area (Å²) in [5.74, 6) is -0.736. The van der Waals surface area contributed by atoms with Crippen LogP contribution in [0.15, 0.2) is 60.0 Å². The summed E-state index contributed by atoms with van der Waals surface area (Å²) in [6.45, 7) is 5.79. The van der Waals surface area contributed by atoms with Crippen LogP contribution in [0.3, 0.4) is 0 Å². The Balaban J connectivity index is 1.44. The molecule has 168 valence electrons. The number of hydrogen-bond donors (Lipinski definition) is 2. The lowest BCUT2D eigenvalue weighted by Crippen LogP contribution is -2.39. The van der Waals surface area contributed by atoms with E-state index in [0.29, 0.717) is 10.7 Å². The number of esters is 1. The van der Waals surface area contributed by atoms with Crippen molar-refractivity contribution in [2.45, 2.75) is 39.0 Å². The monoisotopic (exact) mass is 453 g/mol. The number of nitrogens with zero attached hydrogens (tertiary/aromatic N) is 1. The van der Waals surface area contributed by atoms with E-state index in [1.807, 2.05) is 56.5 Å². The predicted molar refractivity (Wildman–Crippen MR) is 125 cm³/mol. The molecule has 0 fully saturated rings. The van der Waals surface area contributed by atoms with Gasteiger partial charge in [0, 0.05) is 10.9 Å². The fourth-order valence-corrected chi connectivity index (χ4v) is 3.45. The summed E-state index contributed by atoms with van der Waals surface area (Å²) in [7, 11) is 0. The van der Waals surface area contributed by atoms with Gasteiger partial charge in [-0.05, 0) is 38.5 Å². The van der Waals surface area contributed by atoms with E-state index < -0.39 is 11.6 Å². The van der Waals surface area contributed by atoms with Gasteiger partial charge < -0.3 is 20.5 Å². The highest BCUT2D eigenvalue weighted by molar-refractivity contribution is 7.14. The van der Waals surface area contributed by atoms with Crippen LogP contribution in [0.25, 0.3) is 11.3 Å². The molecule has 0 spiro atoms. The number of nitrogens with two attached hydrogens (primary N) is 1. The Hall–Kier alpha value is -3.07. The van der Waals surface area contributed by atoms with Crippen LogP contribution in [0.1, 0.15) is 36.7 Å². The molecule has 1 aromatic heterocycles. The minimum absolute atomic E-state index is 0.0522. The fourth-order valence-electron chi connectivity index (χ4n) is 2.72. The number of aromatic nitrogens is 1. The van der Waals surface area contributed by atoms with Crippen molar-refractivity contribution in [1.29, 1.82) is 0 Å². The van der Waals surface area contributed by atoms with Crippen LogP contribution in [0, 0.1) is 0 Å². The molecule has 2 aromatic carbocycles. The van der Waals surface area contributed by atoms with Gasteiger partial charge in [-0.15, -0.1) is 11.3 Å². The van der Waals surface area contributed by atoms with Gasteiger partial charge in [0.2, 0.25) is 5.91 Å². The molecule has 0 saturated heterocycles. The molecule has 1 atom stereocenters. The molecule has 1 heterocycles. The van der Waals surface area contributed by atoms with E-state index >= 15 is 0 Å². The summed E-state index contributed by atoms with van der Waals surface area (Å²) in [5, 5.41) is 5.10. The highest BCUT2D eigenvalue weighted by Crippen LogP contribution is 2.24. The number of amides is 1. The van der Waals surface area contributed by atoms with E-state index in [0.717, 1.165) is 16.8 Å². The molecule has 0 bridgehead atoms. The van der Waals surface area contributed by atoms with E-state index in [9.17, 15) is 9.59 Å². The van der Waals surface area contributed by atoms with Crippen LogP contribution >= 0.6 is 11.3 Å². The third-order valence-corrected chi connectivity index (χ3v) is 5.05. The number of carbonyl (C=O) groups is 2. The maximum Gasteiger partial charge on any atom is 0.338 e. The normalized spacial score (nSPS) is 12.2. The third-order valence-electron chi connectivity index (χ3n) is 4.30. The summed E-state index contributed by atoms with van der Waals surface area (Å²) in [6, 6.07) is 15.8. The van der Waals surface area contributed by atoms with Crippen LogP contribution in [-0.2, 0) is 20.9 Å². The molecule has 0 radical (unpaired) electrons. The molecule has 8 heteroatoms. The quantitative estimate of drug-likeness (QED) is 0.494. The van der Waals surface area contributed by atoms with Gasteiger partial charge in [0.25, 0.3) is 0 Å². The zero-order valence-electron chi connectivity index (χ0n) is 18.3. The van der Waals surface area contributed by atoms with Crippen LogP contribution in [0.2, 0.25) is 0 Å². The third kappa shape index (κ3) is 6.98. The molecule has 0 unspecified atom stereocenters. The standard InChI is InChI=1S/C24H27N3O4S/c1-24(2,3)31-22(29)18-11-9-16(10-12-18)13-30-14-19(25)21(28)27-23-26-20(15-32-23)17-7-5-4-6-8-17/h4-12,15,19H,13-14,25H2,1-3H3,(H,26,27,28)/t19-/m0/s1. The molecule has 3 N–H and O–H groups in total. The largest absolute Gasteiger partial charge is 0.456 e. The number of hydrogen-bond acceptors (Lipinski definition) is 7. The average Bonchev–Trinajstić information content (AvgIpc) is 3.22. The minimum Gasteiger partial charge on any atom is -0.456 e. The Bertz CT molecular complexity index is 1040. The molecular formula is C24H27N3O4S. The minimum atomic E-state index is -0.833.